The Labute approximate surface area is 174 Å². The van der Waals surface area contributed by atoms with Crippen LogP contribution < -0.4 is 10.6 Å². The molecule has 2 aromatic carbocycles. The number of anilines is 1. The zero-order valence-electron chi connectivity index (χ0n) is 17.8. The van der Waals surface area contributed by atoms with Crippen LogP contribution in [0.2, 0.25) is 0 Å². The maximum Gasteiger partial charge on any atom is 0.251 e. The van der Waals surface area contributed by atoms with Gasteiger partial charge >= 0.3 is 0 Å². The molecule has 2 N–H and O–H groups in total. The molecule has 0 aliphatic rings. The molecular formula is C24H33N3O2. The first kappa shape index (κ1) is 22.6. The SMILES string of the molecule is CCN(CC)CCNC(=O)c1ccc(NC(=O)CCCc2ccc(C)cc2)cc1. The van der Waals surface area contributed by atoms with Crippen LogP contribution in [0.5, 0.6) is 0 Å². The molecule has 0 heterocycles. The van der Waals surface area contributed by atoms with Gasteiger partial charge < -0.3 is 15.5 Å². The van der Waals surface area contributed by atoms with Crippen LogP contribution in [0.3, 0.4) is 0 Å². The number of amides is 2. The normalized spacial score (nSPS) is 10.8. The van der Waals surface area contributed by atoms with E-state index < -0.39 is 0 Å². The third-order valence-corrected chi connectivity index (χ3v) is 5.03. The maximum absolute atomic E-state index is 12.2. The van der Waals surface area contributed by atoms with E-state index in [4.69, 9.17) is 0 Å². The Morgan fingerprint density at radius 3 is 2.21 bits per heavy atom. The van der Waals surface area contributed by atoms with Gasteiger partial charge in [0.05, 0.1) is 0 Å². The number of nitrogens with one attached hydrogen (secondary N) is 2. The van der Waals surface area contributed by atoms with E-state index in [0.29, 0.717) is 24.2 Å². The molecule has 2 rings (SSSR count). The summed E-state index contributed by atoms with van der Waals surface area (Å²) in [4.78, 5) is 26.6. The minimum atomic E-state index is -0.0897. The number of rotatable bonds is 11. The first-order valence-electron chi connectivity index (χ1n) is 10.5. The highest BCUT2D eigenvalue weighted by Crippen LogP contribution is 2.12. The van der Waals surface area contributed by atoms with Gasteiger partial charge in [0.1, 0.15) is 0 Å². The third-order valence-electron chi connectivity index (χ3n) is 5.03. The van der Waals surface area contributed by atoms with Gasteiger partial charge in [-0.3, -0.25) is 9.59 Å². The van der Waals surface area contributed by atoms with Gasteiger partial charge in [0.15, 0.2) is 0 Å². The summed E-state index contributed by atoms with van der Waals surface area (Å²) in [5, 5.41) is 5.84. The van der Waals surface area contributed by atoms with Gasteiger partial charge in [0, 0.05) is 30.8 Å². The molecule has 5 heteroatoms. The topological polar surface area (TPSA) is 61.4 Å². The van der Waals surface area contributed by atoms with Crippen molar-refractivity contribution in [1.82, 2.24) is 10.2 Å². The van der Waals surface area contributed by atoms with Crippen LogP contribution in [-0.4, -0.2) is 42.9 Å². The molecular weight excluding hydrogens is 362 g/mol. The Bertz CT molecular complexity index is 766. The molecule has 0 atom stereocenters. The van der Waals surface area contributed by atoms with Gasteiger partial charge in [-0.1, -0.05) is 43.7 Å². The highest BCUT2D eigenvalue weighted by atomic mass is 16.2. The van der Waals surface area contributed by atoms with Crippen molar-refractivity contribution in [2.75, 3.05) is 31.5 Å². The summed E-state index contributed by atoms with van der Waals surface area (Å²) in [5.74, 6) is -0.0957. The fraction of sp³-hybridized carbons (Fsp3) is 0.417. The molecule has 0 unspecified atom stereocenters. The van der Waals surface area contributed by atoms with Crippen LogP contribution in [0.15, 0.2) is 48.5 Å². The van der Waals surface area contributed by atoms with E-state index in [1.807, 2.05) is 0 Å². The molecule has 2 aromatic rings. The summed E-state index contributed by atoms with van der Waals surface area (Å²) in [6, 6.07) is 15.4. The molecule has 0 radical (unpaired) electrons. The van der Waals surface area contributed by atoms with E-state index in [0.717, 1.165) is 32.5 Å². The summed E-state index contributed by atoms with van der Waals surface area (Å²) >= 11 is 0. The molecule has 0 fully saturated rings. The predicted octanol–water partition coefficient (Wildman–Crippen LogP) is 4.03. The van der Waals surface area contributed by atoms with Gasteiger partial charge in [-0.05, 0) is 62.7 Å². The van der Waals surface area contributed by atoms with Crippen molar-refractivity contribution in [3.8, 4) is 0 Å². The van der Waals surface area contributed by atoms with E-state index in [1.54, 1.807) is 24.3 Å². The zero-order chi connectivity index (χ0) is 21.1. The molecule has 5 nitrogen and oxygen atoms in total. The quantitative estimate of drug-likeness (QED) is 0.604. The number of benzene rings is 2. The number of aryl methyl sites for hydroxylation is 2. The molecule has 0 spiro atoms. The Balaban J connectivity index is 1.72. The maximum atomic E-state index is 12.2. The van der Waals surface area contributed by atoms with Crippen LogP contribution in [0.4, 0.5) is 5.69 Å². The van der Waals surface area contributed by atoms with Crippen molar-refractivity contribution in [3.05, 3.63) is 65.2 Å². The molecule has 0 aliphatic carbocycles. The monoisotopic (exact) mass is 395 g/mol. The predicted molar refractivity (Wildman–Crippen MR) is 119 cm³/mol. The molecule has 0 saturated heterocycles. The van der Waals surface area contributed by atoms with Crippen LogP contribution in [0.25, 0.3) is 0 Å². The minimum absolute atomic E-state index is 0.00599. The smallest absolute Gasteiger partial charge is 0.251 e. The van der Waals surface area contributed by atoms with Gasteiger partial charge in [0.25, 0.3) is 5.91 Å². The second-order valence-corrected chi connectivity index (χ2v) is 7.25. The second-order valence-electron chi connectivity index (χ2n) is 7.25. The Hall–Kier alpha value is -2.66. The Morgan fingerprint density at radius 2 is 1.59 bits per heavy atom. The standard InChI is InChI=1S/C24H33N3O2/c1-4-27(5-2)18-17-25-24(29)21-13-15-22(16-14-21)26-23(28)8-6-7-20-11-9-19(3)10-12-20/h9-16H,4-8,17-18H2,1-3H3,(H,25,29)(H,26,28). The number of carbonyl (C=O) groups excluding carboxylic acids is 2. The molecule has 0 aliphatic heterocycles. The second kappa shape index (κ2) is 12.0. The molecule has 0 saturated carbocycles. The fourth-order valence-electron chi connectivity index (χ4n) is 3.11. The van der Waals surface area contributed by atoms with E-state index in [-0.39, 0.29) is 11.8 Å². The molecule has 29 heavy (non-hydrogen) atoms. The molecule has 2 amide bonds. The van der Waals surface area contributed by atoms with E-state index in [2.05, 4.69) is 60.6 Å². The number of hydrogen-bond acceptors (Lipinski definition) is 3. The Kier molecular flexibility index (Phi) is 9.38. The summed E-state index contributed by atoms with van der Waals surface area (Å²) in [6.07, 6.45) is 2.17. The van der Waals surface area contributed by atoms with Crippen LogP contribution >= 0.6 is 0 Å². The number of likely N-dealkylation sites (N-methyl/N-ethyl adjacent to an activating group) is 1. The minimum Gasteiger partial charge on any atom is -0.351 e. The van der Waals surface area contributed by atoms with Crippen LogP contribution in [0.1, 0.15) is 48.2 Å². The lowest BCUT2D eigenvalue weighted by Crippen LogP contribution is -2.34. The van der Waals surface area contributed by atoms with Gasteiger partial charge in [-0.2, -0.15) is 0 Å². The van der Waals surface area contributed by atoms with Gasteiger partial charge in [0.2, 0.25) is 5.91 Å². The van der Waals surface area contributed by atoms with Crippen molar-refractivity contribution < 1.29 is 9.59 Å². The lowest BCUT2D eigenvalue weighted by Gasteiger charge is -2.18. The summed E-state index contributed by atoms with van der Waals surface area (Å²) in [7, 11) is 0. The zero-order valence-corrected chi connectivity index (χ0v) is 17.8. The fourth-order valence-corrected chi connectivity index (χ4v) is 3.11. The van der Waals surface area contributed by atoms with Crippen molar-refractivity contribution in [1.29, 1.82) is 0 Å². The van der Waals surface area contributed by atoms with Crippen molar-refractivity contribution in [2.24, 2.45) is 0 Å². The average Bonchev–Trinajstić information content (AvgIpc) is 2.73. The molecule has 0 aromatic heterocycles. The highest BCUT2D eigenvalue weighted by molar-refractivity contribution is 5.95. The lowest BCUT2D eigenvalue weighted by atomic mass is 10.1. The van der Waals surface area contributed by atoms with Gasteiger partial charge in [-0.15, -0.1) is 0 Å². The first-order chi connectivity index (χ1) is 14.0. The van der Waals surface area contributed by atoms with Crippen LogP contribution in [-0.2, 0) is 11.2 Å². The van der Waals surface area contributed by atoms with Crippen molar-refractivity contribution in [2.45, 2.75) is 40.0 Å². The lowest BCUT2D eigenvalue weighted by molar-refractivity contribution is -0.116. The first-order valence-corrected chi connectivity index (χ1v) is 10.5. The number of nitrogens with zero attached hydrogens (tertiary/aromatic N) is 1. The van der Waals surface area contributed by atoms with E-state index in [9.17, 15) is 9.59 Å². The summed E-state index contributed by atoms with van der Waals surface area (Å²) in [5.41, 5.74) is 3.80. The molecule has 156 valence electrons. The number of hydrogen-bond donors (Lipinski definition) is 2. The number of carbonyl (C=O) groups is 2. The van der Waals surface area contributed by atoms with E-state index in [1.165, 1.54) is 11.1 Å². The Morgan fingerprint density at radius 1 is 0.931 bits per heavy atom. The van der Waals surface area contributed by atoms with Crippen molar-refractivity contribution >= 4 is 17.5 Å². The molecule has 0 bridgehead atoms. The average molecular weight is 396 g/mol. The summed E-state index contributed by atoms with van der Waals surface area (Å²) in [6.45, 7) is 9.72. The third kappa shape index (κ3) is 8.08. The summed E-state index contributed by atoms with van der Waals surface area (Å²) < 4.78 is 0. The largest absolute Gasteiger partial charge is 0.351 e. The van der Waals surface area contributed by atoms with Gasteiger partial charge in [-0.25, -0.2) is 0 Å². The van der Waals surface area contributed by atoms with Crippen LogP contribution in [0, 0.1) is 6.92 Å². The van der Waals surface area contributed by atoms with E-state index >= 15 is 0 Å². The highest BCUT2D eigenvalue weighted by Gasteiger charge is 2.07. The van der Waals surface area contributed by atoms with Crippen molar-refractivity contribution in [3.63, 3.8) is 0 Å².